The summed E-state index contributed by atoms with van der Waals surface area (Å²) >= 11 is 1.74. The van der Waals surface area contributed by atoms with Gasteiger partial charge in [-0.3, -0.25) is 0 Å². The van der Waals surface area contributed by atoms with Gasteiger partial charge in [0.25, 0.3) is 0 Å². The molecule has 1 aromatic heterocycles. The molecule has 0 fully saturated rings. The van der Waals surface area contributed by atoms with E-state index in [9.17, 15) is 9.90 Å². The zero-order valence-electron chi connectivity index (χ0n) is 13.6. The fourth-order valence-electron chi connectivity index (χ4n) is 3.27. The van der Waals surface area contributed by atoms with E-state index in [1.807, 2.05) is 31.2 Å². The Kier molecular flexibility index (Phi) is 4.41. The van der Waals surface area contributed by atoms with Crippen molar-refractivity contribution in [2.45, 2.75) is 45.4 Å². The number of nitrogens with one attached hydrogen (secondary N) is 2. The summed E-state index contributed by atoms with van der Waals surface area (Å²) < 4.78 is 0. The number of benzene rings is 1. The van der Waals surface area contributed by atoms with Crippen molar-refractivity contribution >= 4 is 17.4 Å². The molecule has 3 rings (SSSR count). The van der Waals surface area contributed by atoms with Gasteiger partial charge in [0.15, 0.2) is 0 Å². The number of rotatable bonds is 3. The summed E-state index contributed by atoms with van der Waals surface area (Å²) in [6.45, 7) is 6.12. The molecule has 4 nitrogen and oxygen atoms in total. The number of carbonyl (C=O) groups excluding carboxylic acids is 1. The van der Waals surface area contributed by atoms with Crippen molar-refractivity contribution in [3.05, 3.63) is 56.8 Å². The Morgan fingerprint density at radius 2 is 2.09 bits per heavy atom. The van der Waals surface area contributed by atoms with Gasteiger partial charge >= 0.3 is 6.03 Å². The predicted octanol–water partition coefficient (Wildman–Crippen LogP) is 3.38. The third kappa shape index (κ3) is 3.26. The van der Waals surface area contributed by atoms with Crippen LogP contribution in [0, 0.1) is 13.8 Å². The van der Waals surface area contributed by atoms with Crippen molar-refractivity contribution in [2.24, 2.45) is 0 Å². The fraction of sp³-hybridized carbons (Fsp3) is 0.389. The highest BCUT2D eigenvalue weighted by molar-refractivity contribution is 7.12. The third-order valence-electron chi connectivity index (χ3n) is 4.40. The molecule has 1 aliphatic rings. The average molecular weight is 330 g/mol. The van der Waals surface area contributed by atoms with Crippen molar-refractivity contribution in [1.29, 1.82) is 0 Å². The Morgan fingerprint density at radius 3 is 2.74 bits per heavy atom. The number of amides is 2. The molecule has 0 radical (unpaired) electrons. The van der Waals surface area contributed by atoms with E-state index in [1.165, 1.54) is 9.75 Å². The molecule has 1 heterocycles. The first-order chi connectivity index (χ1) is 11.0. The monoisotopic (exact) mass is 330 g/mol. The summed E-state index contributed by atoms with van der Waals surface area (Å²) in [5.41, 5.74) is 3.16. The van der Waals surface area contributed by atoms with Crippen molar-refractivity contribution in [1.82, 2.24) is 10.6 Å². The number of hydrogen-bond donors (Lipinski definition) is 3. The molecule has 0 saturated heterocycles. The van der Waals surface area contributed by atoms with Gasteiger partial charge in [0, 0.05) is 9.75 Å². The molecule has 1 aliphatic carbocycles. The number of fused-ring (bicyclic) bond motifs is 1. The molecule has 5 heteroatoms. The number of aliphatic hydroxyl groups is 1. The van der Waals surface area contributed by atoms with Crippen LogP contribution in [-0.4, -0.2) is 17.2 Å². The summed E-state index contributed by atoms with van der Waals surface area (Å²) in [4.78, 5) is 14.7. The van der Waals surface area contributed by atoms with Crippen LogP contribution in [0.3, 0.4) is 0 Å². The summed E-state index contributed by atoms with van der Waals surface area (Å²) in [5, 5.41) is 16.2. The lowest BCUT2D eigenvalue weighted by molar-refractivity contribution is 0.142. The van der Waals surface area contributed by atoms with Gasteiger partial charge in [-0.15, -0.1) is 11.3 Å². The van der Waals surface area contributed by atoms with Crippen LogP contribution in [0.2, 0.25) is 0 Å². The Labute approximate surface area is 140 Å². The molecule has 0 saturated carbocycles. The van der Waals surface area contributed by atoms with Crippen LogP contribution in [0.5, 0.6) is 0 Å². The van der Waals surface area contributed by atoms with E-state index in [2.05, 4.69) is 30.5 Å². The van der Waals surface area contributed by atoms with E-state index >= 15 is 0 Å². The first-order valence-corrected chi connectivity index (χ1v) is 8.67. The molecule has 0 spiro atoms. The van der Waals surface area contributed by atoms with Crippen LogP contribution in [0.15, 0.2) is 30.3 Å². The van der Waals surface area contributed by atoms with Crippen LogP contribution in [0.4, 0.5) is 4.79 Å². The minimum atomic E-state index is -0.641. The average Bonchev–Trinajstić information content (AvgIpc) is 2.99. The number of aryl methyl sites for hydroxylation is 2. The first kappa shape index (κ1) is 16.0. The second-order valence-electron chi connectivity index (χ2n) is 6.16. The van der Waals surface area contributed by atoms with E-state index in [4.69, 9.17) is 0 Å². The number of thiophene rings is 1. The highest BCUT2D eigenvalue weighted by atomic mass is 32.1. The highest BCUT2D eigenvalue weighted by Gasteiger charge is 2.31. The van der Waals surface area contributed by atoms with Crippen LogP contribution in [0.1, 0.15) is 45.5 Å². The zero-order chi connectivity index (χ0) is 16.6. The van der Waals surface area contributed by atoms with E-state index < -0.39 is 6.10 Å². The summed E-state index contributed by atoms with van der Waals surface area (Å²) in [6.07, 6.45) is 0.0211. The molecular formula is C18H22N2O2S. The van der Waals surface area contributed by atoms with Gasteiger partial charge < -0.3 is 15.7 Å². The Morgan fingerprint density at radius 1 is 1.35 bits per heavy atom. The maximum absolute atomic E-state index is 12.3. The van der Waals surface area contributed by atoms with Gasteiger partial charge in [0.2, 0.25) is 0 Å². The SMILES string of the molecule is Cc1cc(C(C)NC(=O)N[C@@H]2Cc3ccccc3[C@H]2O)c(C)s1. The predicted molar refractivity (Wildman–Crippen MR) is 92.8 cm³/mol. The molecule has 3 atom stereocenters. The van der Waals surface area contributed by atoms with E-state index in [1.54, 1.807) is 11.3 Å². The summed E-state index contributed by atoms with van der Waals surface area (Å²) in [7, 11) is 0. The first-order valence-electron chi connectivity index (χ1n) is 7.85. The Bertz CT molecular complexity index is 726. The molecule has 122 valence electrons. The van der Waals surface area contributed by atoms with Crippen LogP contribution in [0.25, 0.3) is 0 Å². The lowest BCUT2D eigenvalue weighted by atomic mass is 10.1. The molecule has 2 amide bonds. The lowest BCUT2D eigenvalue weighted by Gasteiger charge is -2.20. The van der Waals surface area contributed by atoms with Crippen LogP contribution < -0.4 is 10.6 Å². The third-order valence-corrected chi connectivity index (χ3v) is 5.39. The maximum Gasteiger partial charge on any atom is 0.315 e. The normalized spacial score (nSPS) is 20.9. The fourth-order valence-corrected chi connectivity index (χ4v) is 4.29. The minimum absolute atomic E-state index is 0.0547. The van der Waals surface area contributed by atoms with E-state index in [0.717, 1.165) is 16.7 Å². The van der Waals surface area contributed by atoms with E-state index in [0.29, 0.717) is 6.42 Å². The van der Waals surface area contributed by atoms with Gasteiger partial charge in [-0.2, -0.15) is 0 Å². The topological polar surface area (TPSA) is 61.4 Å². The maximum atomic E-state index is 12.3. The minimum Gasteiger partial charge on any atom is -0.386 e. The Balaban J connectivity index is 1.61. The molecule has 0 bridgehead atoms. The van der Waals surface area contributed by atoms with Gasteiger partial charge in [-0.1, -0.05) is 24.3 Å². The molecule has 23 heavy (non-hydrogen) atoms. The molecule has 2 aromatic rings. The molecular weight excluding hydrogens is 308 g/mol. The van der Waals surface area contributed by atoms with Crippen molar-refractivity contribution in [3.63, 3.8) is 0 Å². The molecule has 0 aliphatic heterocycles. The van der Waals surface area contributed by atoms with Gasteiger partial charge in [0.05, 0.1) is 18.2 Å². The number of carbonyl (C=O) groups is 1. The quantitative estimate of drug-likeness (QED) is 0.808. The van der Waals surface area contributed by atoms with Crippen molar-refractivity contribution < 1.29 is 9.90 Å². The summed E-state index contributed by atoms with van der Waals surface area (Å²) in [6, 6.07) is 9.33. The van der Waals surface area contributed by atoms with Crippen molar-refractivity contribution in [2.75, 3.05) is 0 Å². The number of aliphatic hydroxyl groups excluding tert-OH is 1. The Hall–Kier alpha value is -1.85. The molecule has 1 aromatic carbocycles. The van der Waals surface area contributed by atoms with E-state index in [-0.39, 0.29) is 18.1 Å². The number of hydrogen-bond acceptors (Lipinski definition) is 3. The molecule has 3 N–H and O–H groups in total. The van der Waals surface area contributed by atoms with Crippen LogP contribution >= 0.6 is 11.3 Å². The van der Waals surface area contributed by atoms with Crippen molar-refractivity contribution in [3.8, 4) is 0 Å². The second kappa shape index (κ2) is 6.34. The standard InChI is InChI=1S/C18H22N2O2S/c1-10-8-15(12(3)23-10)11(2)19-18(22)20-16-9-13-6-4-5-7-14(13)17(16)21/h4-8,11,16-17,21H,9H2,1-3H3,(H2,19,20,22)/t11?,16-,17-/m1/s1. The summed E-state index contributed by atoms with van der Waals surface area (Å²) in [5.74, 6) is 0. The lowest BCUT2D eigenvalue weighted by Crippen LogP contribution is -2.44. The van der Waals surface area contributed by atoms with Crippen LogP contribution in [-0.2, 0) is 6.42 Å². The highest BCUT2D eigenvalue weighted by Crippen LogP contribution is 2.31. The molecule has 1 unspecified atom stereocenters. The second-order valence-corrected chi connectivity index (χ2v) is 7.62. The van der Waals surface area contributed by atoms with Gasteiger partial charge in [-0.05, 0) is 49.9 Å². The van der Waals surface area contributed by atoms with Gasteiger partial charge in [0.1, 0.15) is 0 Å². The number of urea groups is 1. The zero-order valence-corrected chi connectivity index (χ0v) is 14.4. The smallest absolute Gasteiger partial charge is 0.315 e. The largest absolute Gasteiger partial charge is 0.386 e. The van der Waals surface area contributed by atoms with Gasteiger partial charge in [-0.25, -0.2) is 4.79 Å².